The number of carboxylic acids is 2. The summed E-state index contributed by atoms with van der Waals surface area (Å²) in [5, 5.41) is 22.7. The number of anilines is 1. The number of carbonyl (C=O) groups excluding carboxylic acids is 2. The normalized spacial score (nSPS) is 11.2. The predicted octanol–water partition coefficient (Wildman–Crippen LogP) is 1.21. The first-order valence-electron chi connectivity index (χ1n) is 7.12. The fraction of sp³-hybridized carbons (Fsp3) is 0.0588. The summed E-state index contributed by atoms with van der Waals surface area (Å²) in [5.41, 5.74) is -0.180. The van der Waals surface area contributed by atoms with E-state index in [-0.39, 0.29) is 11.1 Å². The molecule has 0 bridgehead atoms. The van der Waals surface area contributed by atoms with Gasteiger partial charge in [-0.2, -0.15) is 0 Å². The Balaban J connectivity index is 2.19. The van der Waals surface area contributed by atoms with Gasteiger partial charge in [0.1, 0.15) is 0 Å². The largest absolute Gasteiger partial charge is 0.479 e. The molecule has 2 amide bonds. The molecule has 2 aromatic carbocycles. The molecule has 0 fully saturated rings. The number of amides is 2. The van der Waals surface area contributed by atoms with Crippen molar-refractivity contribution in [2.75, 3.05) is 5.32 Å². The van der Waals surface area contributed by atoms with E-state index in [1.165, 1.54) is 24.3 Å². The van der Waals surface area contributed by atoms with Crippen molar-refractivity contribution < 1.29 is 29.4 Å². The first-order chi connectivity index (χ1) is 11.9. The van der Waals surface area contributed by atoms with Gasteiger partial charge in [0.15, 0.2) is 0 Å². The molecule has 0 heterocycles. The van der Waals surface area contributed by atoms with Gasteiger partial charge in [-0.1, -0.05) is 30.3 Å². The van der Waals surface area contributed by atoms with E-state index in [2.05, 4.69) is 5.32 Å². The molecular weight excluding hydrogens is 328 g/mol. The van der Waals surface area contributed by atoms with Gasteiger partial charge in [-0.05, 0) is 24.3 Å². The van der Waals surface area contributed by atoms with Crippen LogP contribution in [0.5, 0.6) is 0 Å². The van der Waals surface area contributed by atoms with Gasteiger partial charge in [0.2, 0.25) is 6.04 Å². The first-order valence-corrected chi connectivity index (χ1v) is 7.12. The molecule has 2 rings (SSSR count). The maximum atomic E-state index is 12.2. The number of aromatic carboxylic acids is 1. The molecule has 2 aromatic rings. The number of aliphatic carboxylic acids is 1. The third kappa shape index (κ3) is 4.41. The summed E-state index contributed by atoms with van der Waals surface area (Å²) in [7, 11) is 0. The maximum Gasteiger partial charge on any atom is 0.336 e. The molecule has 0 aromatic heterocycles. The fourth-order valence-electron chi connectivity index (χ4n) is 2.05. The van der Waals surface area contributed by atoms with Gasteiger partial charge in [0.05, 0.1) is 11.1 Å². The second-order valence-corrected chi connectivity index (χ2v) is 4.95. The molecule has 4 N–H and O–H groups in total. The van der Waals surface area contributed by atoms with E-state index in [0.29, 0.717) is 5.69 Å². The highest BCUT2D eigenvalue weighted by Crippen LogP contribution is 2.10. The first kappa shape index (κ1) is 17.7. The third-order valence-corrected chi connectivity index (χ3v) is 3.23. The number of nitrogens with one attached hydrogen (secondary N) is 2. The summed E-state index contributed by atoms with van der Waals surface area (Å²) < 4.78 is 0. The lowest BCUT2D eigenvalue weighted by Gasteiger charge is -2.15. The molecule has 0 aliphatic carbocycles. The molecule has 128 valence electrons. The molecule has 1 atom stereocenters. The Hall–Kier alpha value is -3.68. The van der Waals surface area contributed by atoms with Crippen LogP contribution in [0.4, 0.5) is 5.69 Å². The Bertz CT molecular complexity index is 819. The second-order valence-electron chi connectivity index (χ2n) is 4.95. The van der Waals surface area contributed by atoms with Crippen LogP contribution < -0.4 is 10.6 Å². The van der Waals surface area contributed by atoms with Crippen molar-refractivity contribution in [3.8, 4) is 0 Å². The van der Waals surface area contributed by atoms with Crippen LogP contribution in [0.25, 0.3) is 0 Å². The Morgan fingerprint density at radius 2 is 1.36 bits per heavy atom. The van der Waals surface area contributed by atoms with Gasteiger partial charge >= 0.3 is 11.9 Å². The zero-order valence-corrected chi connectivity index (χ0v) is 12.8. The summed E-state index contributed by atoms with van der Waals surface area (Å²) >= 11 is 0. The van der Waals surface area contributed by atoms with Gasteiger partial charge in [0, 0.05) is 5.69 Å². The van der Waals surface area contributed by atoms with Crippen molar-refractivity contribution in [2.24, 2.45) is 0 Å². The Morgan fingerprint density at radius 3 is 1.92 bits per heavy atom. The van der Waals surface area contributed by atoms with Crippen molar-refractivity contribution in [3.05, 3.63) is 65.7 Å². The molecule has 25 heavy (non-hydrogen) atoms. The van der Waals surface area contributed by atoms with Crippen LogP contribution in [-0.2, 0) is 9.59 Å². The molecule has 1 unspecified atom stereocenters. The molecular formula is C17H14N2O6. The second kappa shape index (κ2) is 7.73. The minimum atomic E-state index is -1.88. The number of benzene rings is 2. The Morgan fingerprint density at radius 1 is 0.800 bits per heavy atom. The molecule has 0 radical (unpaired) electrons. The lowest BCUT2D eigenvalue weighted by atomic mass is 10.1. The standard InChI is InChI=1S/C17H14N2O6/c20-14(11-8-4-5-9-12(11)16(22)23)19-13(17(24)25)15(21)18-10-6-2-1-3-7-10/h1-9,13H,(H,18,21)(H,19,20)(H,22,23)(H,24,25). The maximum absolute atomic E-state index is 12.2. The van der Waals surface area contributed by atoms with Crippen LogP contribution in [0.1, 0.15) is 20.7 Å². The van der Waals surface area contributed by atoms with Crippen molar-refractivity contribution in [3.63, 3.8) is 0 Å². The van der Waals surface area contributed by atoms with E-state index in [4.69, 9.17) is 5.11 Å². The number of hydrogen-bond donors (Lipinski definition) is 4. The summed E-state index contributed by atoms with van der Waals surface area (Å²) in [6.07, 6.45) is 0. The summed E-state index contributed by atoms with van der Waals surface area (Å²) in [4.78, 5) is 46.8. The fourth-order valence-corrected chi connectivity index (χ4v) is 2.05. The smallest absolute Gasteiger partial charge is 0.336 e. The molecule has 8 heteroatoms. The zero-order valence-electron chi connectivity index (χ0n) is 12.8. The summed E-state index contributed by atoms with van der Waals surface area (Å²) in [5.74, 6) is -4.85. The highest BCUT2D eigenvalue weighted by molar-refractivity contribution is 6.13. The number of rotatable bonds is 6. The highest BCUT2D eigenvalue weighted by atomic mass is 16.4. The topological polar surface area (TPSA) is 133 Å². The lowest BCUT2D eigenvalue weighted by Crippen LogP contribution is -2.49. The van der Waals surface area contributed by atoms with E-state index in [1.807, 2.05) is 5.32 Å². The van der Waals surface area contributed by atoms with Crippen LogP contribution in [0.2, 0.25) is 0 Å². The van der Waals surface area contributed by atoms with E-state index in [9.17, 15) is 24.3 Å². The average molecular weight is 342 g/mol. The zero-order chi connectivity index (χ0) is 18.4. The van der Waals surface area contributed by atoms with Gasteiger partial charge in [0.25, 0.3) is 11.8 Å². The van der Waals surface area contributed by atoms with Crippen LogP contribution >= 0.6 is 0 Å². The highest BCUT2D eigenvalue weighted by Gasteiger charge is 2.29. The minimum Gasteiger partial charge on any atom is -0.479 e. The number of carbonyl (C=O) groups is 4. The number of hydrogen-bond acceptors (Lipinski definition) is 4. The van der Waals surface area contributed by atoms with Crippen LogP contribution in [0, 0.1) is 0 Å². The van der Waals surface area contributed by atoms with Crippen molar-refractivity contribution >= 4 is 29.4 Å². The van der Waals surface area contributed by atoms with E-state index in [0.717, 1.165) is 0 Å². The Kier molecular flexibility index (Phi) is 5.47. The minimum absolute atomic E-state index is 0.242. The SMILES string of the molecule is O=C(O)c1ccccc1C(=O)NC(C(=O)O)C(=O)Nc1ccccc1. The third-order valence-electron chi connectivity index (χ3n) is 3.23. The van der Waals surface area contributed by atoms with Gasteiger partial charge in [-0.3, -0.25) is 9.59 Å². The lowest BCUT2D eigenvalue weighted by molar-refractivity contribution is -0.142. The van der Waals surface area contributed by atoms with Crippen molar-refractivity contribution in [1.29, 1.82) is 0 Å². The molecule has 0 saturated heterocycles. The van der Waals surface area contributed by atoms with E-state index in [1.54, 1.807) is 30.3 Å². The molecule has 0 aliphatic heterocycles. The predicted molar refractivity (Wildman–Crippen MR) is 87.4 cm³/mol. The van der Waals surface area contributed by atoms with E-state index >= 15 is 0 Å². The number of para-hydroxylation sites is 1. The van der Waals surface area contributed by atoms with Crippen LogP contribution in [0.3, 0.4) is 0 Å². The quantitative estimate of drug-likeness (QED) is 0.583. The van der Waals surface area contributed by atoms with Gasteiger partial charge in [-0.15, -0.1) is 0 Å². The van der Waals surface area contributed by atoms with Crippen molar-refractivity contribution in [2.45, 2.75) is 6.04 Å². The van der Waals surface area contributed by atoms with Gasteiger partial charge < -0.3 is 20.8 Å². The number of carboxylic acid groups (broad SMARTS) is 2. The Labute approximate surface area is 142 Å². The van der Waals surface area contributed by atoms with Crippen LogP contribution in [0.15, 0.2) is 54.6 Å². The molecule has 8 nitrogen and oxygen atoms in total. The molecule has 0 spiro atoms. The summed E-state index contributed by atoms with van der Waals surface area (Å²) in [6.45, 7) is 0. The molecule has 0 saturated carbocycles. The monoisotopic (exact) mass is 342 g/mol. The van der Waals surface area contributed by atoms with Gasteiger partial charge in [-0.25, -0.2) is 9.59 Å². The summed E-state index contributed by atoms with van der Waals surface area (Å²) in [6, 6.07) is 11.5. The average Bonchev–Trinajstić information content (AvgIpc) is 2.59. The van der Waals surface area contributed by atoms with E-state index < -0.39 is 29.8 Å². The van der Waals surface area contributed by atoms with Crippen molar-refractivity contribution in [1.82, 2.24) is 5.32 Å². The van der Waals surface area contributed by atoms with Crippen LogP contribution in [-0.4, -0.2) is 40.0 Å². The molecule has 0 aliphatic rings.